The van der Waals surface area contributed by atoms with E-state index >= 15 is 0 Å². The molecule has 1 saturated heterocycles. The Morgan fingerprint density at radius 3 is 2.35 bits per heavy atom. The van der Waals surface area contributed by atoms with Gasteiger partial charge in [0.1, 0.15) is 0 Å². The Labute approximate surface area is 131 Å². The fraction of sp³-hybridized carbons (Fsp3) is 0.375. The van der Waals surface area contributed by atoms with Crippen LogP contribution in [0.3, 0.4) is 0 Å². The van der Waals surface area contributed by atoms with Gasteiger partial charge in [-0.3, -0.25) is 4.79 Å². The van der Waals surface area contributed by atoms with E-state index in [0.717, 1.165) is 16.3 Å². The van der Waals surface area contributed by atoms with Gasteiger partial charge in [-0.2, -0.15) is 18.3 Å². The summed E-state index contributed by atoms with van der Waals surface area (Å²) in [6, 6.07) is 11.5. The number of carbonyl (C=O) groups is 1. The van der Waals surface area contributed by atoms with E-state index in [4.69, 9.17) is 0 Å². The molecule has 1 amide bonds. The highest BCUT2D eigenvalue weighted by molar-refractivity contribution is 5.81. The minimum atomic E-state index is -4.79. The Bertz CT molecular complexity index is 673. The van der Waals surface area contributed by atoms with E-state index in [-0.39, 0.29) is 19.0 Å². The molecule has 3 rings (SSSR count). The fourth-order valence-corrected chi connectivity index (χ4v) is 2.97. The van der Waals surface area contributed by atoms with Crippen LogP contribution in [0, 0.1) is 0 Å². The lowest BCUT2D eigenvalue weighted by molar-refractivity contribution is -0.186. The third-order valence-corrected chi connectivity index (χ3v) is 4.12. The molecule has 2 aromatic rings. The fourth-order valence-electron chi connectivity index (χ4n) is 2.97. The molecule has 7 heteroatoms. The molecule has 0 spiro atoms. The van der Waals surface area contributed by atoms with Crippen LogP contribution in [-0.4, -0.2) is 39.9 Å². The summed E-state index contributed by atoms with van der Waals surface area (Å²) >= 11 is 0. The van der Waals surface area contributed by atoms with Gasteiger partial charge in [-0.15, -0.1) is 0 Å². The summed E-state index contributed by atoms with van der Waals surface area (Å²) in [6.07, 6.45) is -2.10. The van der Waals surface area contributed by atoms with Gasteiger partial charge in [0.05, 0.1) is 5.69 Å². The number of nitrogens with zero attached hydrogens (tertiary/aromatic N) is 3. The Morgan fingerprint density at radius 1 is 1.09 bits per heavy atom. The van der Waals surface area contributed by atoms with Crippen molar-refractivity contribution in [2.45, 2.75) is 24.9 Å². The minimum Gasteiger partial charge on any atom is -0.335 e. The predicted molar refractivity (Wildman–Crippen MR) is 78.2 cm³/mol. The number of amides is 1. The molecule has 4 nitrogen and oxygen atoms in total. The zero-order chi connectivity index (χ0) is 16.4. The highest BCUT2D eigenvalue weighted by Gasteiger charge is 2.43. The highest BCUT2D eigenvalue weighted by Crippen LogP contribution is 2.31. The van der Waals surface area contributed by atoms with Crippen molar-refractivity contribution in [3.05, 3.63) is 48.3 Å². The summed E-state index contributed by atoms with van der Waals surface area (Å²) in [7, 11) is 0. The topological polar surface area (TPSA) is 38.1 Å². The number of aromatic nitrogens is 2. The van der Waals surface area contributed by atoms with Gasteiger partial charge < -0.3 is 4.90 Å². The molecular formula is C16H16F3N3O. The van der Waals surface area contributed by atoms with Gasteiger partial charge in [0.15, 0.2) is 0 Å². The van der Waals surface area contributed by atoms with Crippen molar-refractivity contribution in [2.75, 3.05) is 13.1 Å². The van der Waals surface area contributed by atoms with Crippen LogP contribution in [0.1, 0.15) is 24.5 Å². The number of hydrogen-bond donors (Lipinski definition) is 0. The SMILES string of the molecule is O=C(N1CCC(c2ccnn2-c2ccccc2)CC1)C(F)(F)F. The number of para-hydroxylation sites is 1. The van der Waals surface area contributed by atoms with Crippen LogP contribution < -0.4 is 0 Å². The molecule has 0 N–H and O–H groups in total. The summed E-state index contributed by atoms with van der Waals surface area (Å²) in [4.78, 5) is 12.2. The maximum atomic E-state index is 12.5. The van der Waals surface area contributed by atoms with E-state index in [1.807, 2.05) is 41.1 Å². The Balaban J connectivity index is 1.72. The van der Waals surface area contributed by atoms with Crippen molar-refractivity contribution >= 4 is 5.91 Å². The van der Waals surface area contributed by atoms with Gasteiger partial charge in [0, 0.05) is 30.9 Å². The minimum absolute atomic E-state index is 0.0926. The molecule has 0 saturated carbocycles. The van der Waals surface area contributed by atoms with Gasteiger partial charge in [0.2, 0.25) is 0 Å². The van der Waals surface area contributed by atoms with Gasteiger partial charge in [-0.25, -0.2) is 4.68 Å². The summed E-state index contributed by atoms with van der Waals surface area (Å²) in [5.41, 5.74) is 1.89. The summed E-state index contributed by atoms with van der Waals surface area (Å²) in [6.45, 7) is 0.228. The molecule has 0 bridgehead atoms. The van der Waals surface area contributed by atoms with Crippen LogP contribution in [0.25, 0.3) is 5.69 Å². The number of piperidine rings is 1. The first kappa shape index (κ1) is 15.6. The molecule has 23 heavy (non-hydrogen) atoms. The van der Waals surface area contributed by atoms with E-state index in [1.54, 1.807) is 6.20 Å². The monoisotopic (exact) mass is 323 g/mol. The smallest absolute Gasteiger partial charge is 0.335 e. The zero-order valence-corrected chi connectivity index (χ0v) is 12.3. The van der Waals surface area contributed by atoms with E-state index in [9.17, 15) is 18.0 Å². The van der Waals surface area contributed by atoms with E-state index < -0.39 is 12.1 Å². The van der Waals surface area contributed by atoms with Gasteiger partial charge in [0.25, 0.3) is 0 Å². The maximum Gasteiger partial charge on any atom is 0.471 e. The molecule has 1 aliphatic rings. The normalized spacial score (nSPS) is 16.6. The van der Waals surface area contributed by atoms with Crippen molar-refractivity contribution in [1.82, 2.24) is 14.7 Å². The lowest BCUT2D eigenvalue weighted by Crippen LogP contribution is -2.45. The molecular weight excluding hydrogens is 307 g/mol. The molecule has 1 fully saturated rings. The standard InChI is InChI=1S/C16H16F3N3O/c17-16(18,19)15(23)21-10-7-12(8-11-21)14-6-9-20-22(14)13-4-2-1-3-5-13/h1-6,9,12H,7-8,10-11H2. The van der Waals surface area contributed by atoms with Crippen LogP contribution in [0.4, 0.5) is 13.2 Å². The zero-order valence-electron chi connectivity index (χ0n) is 12.3. The second-order valence-electron chi connectivity index (χ2n) is 5.57. The summed E-state index contributed by atoms with van der Waals surface area (Å²) in [5, 5.41) is 4.31. The van der Waals surface area contributed by atoms with Crippen molar-refractivity contribution in [3.8, 4) is 5.69 Å². The first-order chi connectivity index (χ1) is 11.0. The average molecular weight is 323 g/mol. The molecule has 1 aliphatic heterocycles. The first-order valence-corrected chi connectivity index (χ1v) is 7.42. The van der Waals surface area contributed by atoms with E-state index in [0.29, 0.717) is 12.8 Å². The number of benzene rings is 1. The molecule has 1 aromatic carbocycles. The van der Waals surface area contributed by atoms with Crippen LogP contribution in [-0.2, 0) is 4.79 Å². The maximum absolute atomic E-state index is 12.5. The van der Waals surface area contributed by atoms with Crippen LogP contribution in [0.5, 0.6) is 0 Å². The molecule has 2 heterocycles. The highest BCUT2D eigenvalue weighted by atomic mass is 19.4. The number of hydrogen-bond acceptors (Lipinski definition) is 2. The number of alkyl halides is 3. The van der Waals surface area contributed by atoms with Crippen molar-refractivity contribution in [3.63, 3.8) is 0 Å². The lowest BCUT2D eigenvalue weighted by atomic mass is 9.93. The van der Waals surface area contributed by atoms with Crippen LogP contribution in [0.15, 0.2) is 42.6 Å². The third kappa shape index (κ3) is 3.23. The average Bonchev–Trinajstić information content (AvgIpc) is 3.04. The van der Waals surface area contributed by atoms with Crippen molar-refractivity contribution < 1.29 is 18.0 Å². The van der Waals surface area contributed by atoms with Crippen molar-refractivity contribution in [2.24, 2.45) is 0 Å². The Kier molecular flexibility index (Phi) is 4.11. The second-order valence-corrected chi connectivity index (χ2v) is 5.57. The Hall–Kier alpha value is -2.31. The first-order valence-electron chi connectivity index (χ1n) is 7.42. The molecule has 0 radical (unpaired) electrons. The largest absolute Gasteiger partial charge is 0.471 e. The predicted octanol–water partition coefficient (Wildman–Crippen LogP) is 3.14. The number of rotatable bonds is 2. The van der Waals surface area contributed by atoms with E-state index in [1.165, 1.54) is 0 Å². The van der Waals surface area contributed by atoms with Gasteiger partial charge >= 0.3 is 12.1 Å². The van der Waals surface area contributed by atoms with E-state index in [2.05, 4.69) is 5.10 Å². The molecule has 122 valence electrons. The van der Waals surface area contributed by atoms with Gasteiger partial charge in [-0.05, 0) is 31.0 Å². The molecule has 0 aliphatic carbocycles. The molecule has 0 unspecified atom stereocenters. The van der Waals surface area contributed by atoms with Gasteiger partial charge in [-0.1, -0.05) is 18.2 Å². The quantitative estimate of drug-likeness (QED) is 0.851. The number of likely N-dealkylation sites (tertiary alicyclic amines) is 1. The Morgan fingerprint density at radius 2 is 1.74 bits per heavy atom. The third-order valence-electron chi connectivity index (χ3n) is 4.12. The number of carbonyl (C=O) groups excluding carboxylic acids is 1. The molecule has 0 atom stereocenters. The summed E-state index contributed by atoms with van der Waals surface area (Å²) < 4.78 is 39.3. The summed E-state index contributed by atoms with van der Waals surface area (Å²) in [5.74, 6) is -1.65. The number of halogens is 3. The molecule has 1 aromatic heterocycles. The van der Waals surface area contributed by atoms with Crippen LogP contribution in [0.2, 0.25) is 0 Å². The second kappa shape index (κ2) is 6.06. The van der Waals surface area contributed by atoms with Crippen LogP contribution >= 0.6 is 0 Å². The van der Waals surface area contributed by atoms with Crippen molar-refractivity contribution in [1.29, 1.82) is 0 Å². The lowest BCUT2D eigenvalue weighted by Gasteiger charge is -2.32.